The molecule has 48 heavy (non-hydrogen) atoms. The highest BCUT2D eigenvalue weighted by Gasteiger charge is 2.59. The molecule has 1 aromatic heterocycles. The highest BCUT2D eigenvalue weighted by molar-refractivity contribution is 5.86. The molecule has 1 fully saturated rings. The molecule has 0 saturated carbocycles. The first-order valence-electron chi connectivity index (χ1n) is 15.8. The molecule has 0 radical (unpaired) electrons. The predicted molar refractivity (Wildman–Crippen MR) is 167 cm³/mol. The molecular formula is C33H42FN3O11. The van der Waals surface area contributed by atoms with Crippen LogP contribution in [0.25, 0.3) is 0 Å². The molecule has 0 bridgehead atoms. The van der Waals surface area contributed by atoms with Gasteiger partial charge in [0.25, 0.3) is 5.56 Å². The first-order valence-corrected chi connectivity index (χ1v) is 15.8. The molecule has 4 heterocycles. The monoisotopic (exact) mass is 675 g/mol. The first-order chi connectivity index (χ1) is 22.7. The average Bonchev–Trinajstić information content (AvgIpc) is 3.72. The summed E-state index contributed by atoms with van der Waals surface area (Å²) in [6.07, 6.45) is 4.65. The predicted octanol–water partition coefficient (Wildman–Crippen LogP) is 1.78. The highest BCUT2D eigenvalue weighted by atomic mass is 19.1. The van der Waals surface area contributed by atoms with Crippen molar-refractivity contribution in [1.29, 1.82) is 0 Å². The number of aliphatic hydroxyl groups is 2. The average molecular weight is 676 g/mol. The maximum atomic E-state index is 13.8. The Balaban J connectivity index is 0.000000434. The van der Waals surface area contributed by atoms with Crippen molar-refractivity contribution in [3.05, 3.63) is 67.9 Å². The zero-order valence-corrected chi connectivity index (χ0v) is 27.4. The Labute approximate surface area is 275 Å². The van der Waals surface area contributed by atoms with E-state index in [1.165, 1.54) is 7.11 Å². The van der Waals surface area contributed by atoms with Crippen LogP contribution in [0.5, 0.6) is 11.5 Å². The van der Waals surface area contributed by atoms with Crippen molar-refractivity contribution in [3.63, 3.8) is 0 Å². The van der Waals surface area contributed by atoms with E-state index < -0.39 is 58.3 Å². The number of methoxy groups -OCH3 is 2. The van der Waals surface area contributed by atoms with Gasteiger partial charge in [-0.3, -0.25) is 19.5 Å². The maximum Gasteiger partial charge on any atom is 0.339 e. The number of H-pyrrole nitrogens is 2. The smallest absolute Gasteiger partial charge is 0.339 e. The summed E-state index contributed by atoms with van der Waals surface area (Å²) < 4.78 is 40.1. The van der Waals surface area contributed by atoms with Gasteiger partial charge in [0.05, 0.1) is 37.7 Å². The van der Waals surface area contributed by atoms with E-state index in [0.717, 1.165) is 43.5 Å². The third-order valence-electron chi connectivity index (χ3n) is 9.40. The van der Waals surface area contributed by atoms with Gasteiger partial charge in [-0.15, -0.1) is 0 Å². The first kappa shape index (κ1) is 35.1. The van der Waals surface area contributed by atoms with Crippen LogP contribution in [-0.2, 0) is 30.2 Å². The van der Waals surface area contributed by atoms with Gasteiger partial charge in [-0.2, -0.15) is 4.39 Å². The molecule has 1 saturated heterocycles. The van der Waals surface area contributed by atoms with Crippen molar-refractivity contribution in [2.45, 2.75) is 87.6 Å². The molecule has 1 aromatic carbocycles. The molecule has 4 N–H and O–H groups in total. The summed E-state index contributed by atoms with van der Waals surface area (Å²) in [6.45, 7) is 5.21. The Hall–Kier alpha value is -4.21. The van der Waals surface area contributed by atoms with Crippen LogP contribution in [0.1, 0.15) is 69.4 Å². The summed E-state index contributed by atoms with van der Waals surface area (Å²) in [6, 6.07) is 4.00. The minimum absolute atomic E-state index is 0.0686. The van der Waals surface area contributed by atoms with Crippen LogP contribution in [0.4, 0.5) is 4.39 Å². The number of ether oxygens (including phenoxy) is 5. The number of rotatable bonds is 9. The van der Waals surface area contributed by atoms with Gasteiger partial charge in [-0.1, -0.05) is 0 Å². The van der Waals surface area contributed by atoms with Gasteiger partial charge >= 0.3 is 17.6 Å². The molecular weight excluding hydrogens is 633 g/mol. The molecule has 4 aliphatic rings. The number of hydrogen-bond donors (Lipinski definition) is 4. The van der Waals surface area contributed by atoms with Crippen LogP contribution in [-0.4, -0.2) is 94.0 Å². The number of esters is 2. The third kappa shape index (κ3) is 7.12. The minimum atomic E-state index is -2.12. The van der Waals surface area contributed by atoms with Gasteiger partial charge in [-0.05, 0) is 88.3 Å². The van der Waals surface area contributed by atoms with Gasteiger partial charge in [0, 0.05) is 12.7 Å². The third-order valence-corrected chi connectivity index (χ3v) is 9.40. The van der Waals surface area contributed by atoms with Gasteiger partial charge in [0.2, 0.25) is 12.6 Å². The van der Waals surface area contributed by atoms with E-state index in [1.54, 1.807) is 25.9 Å². The lowest BCUT2D eigenvalue weighted by Crippen LogP contribution is -2.49. The summed E-state index contributed by atoms with van der Waals surface area (Å²) >= 11 is 0. The summed E-state index contributed by atoms with van der Waals surface area (Å²) in [7, 11) is 2.76. The normalized spacial score (nSPS) is 23.7. The Morgan fingerprint density at radius 3 is 2.50 bits per heavy atom. The highest BCUT2D eigenvalue weighted by Crippen LogP contribution is 2.55. The van der Waals surface area contributed by atoms with Crippen molar-refractivity contribution in [2.75, 3.05) is 34.1 Å². The van der Waals surface area contributed by atoms with E-state index >= 15 is 0 Å². The molecule has 4 atom stereocenters. The molecule has 0 unspecified atom stereocenters. The molecule has 1 aliphatic carbocycles. The second kappa shape index (κ2) is 13.7. The number of aromatic amines is 2. The summed E-state index contributed by atoms with van der Waals surface area (Å²) in [4.78, 5) is 52.4. The van der Waals surface area contributed by atoms with Crippen LogP contribution < -0.4 is 20.7 Å². The molecule has 6 rings (SSSR count). The van der Waals surface area contributed by atoms with E-state index in [2.05, 4.69) is 11.0 Å². The van der Waals surface area contributed by atoms with Crippen LogP contribution in [0.3, 0.4) is 0 Å². The fourth-order valence-corrected chi connectivity index (χ4v) is 7.10. The number of fused-ring (bicyclic) bond motifs is 3. The topological polar surface area (TPSA) is 190 Å². The number of benzene rings is 1. The maximum absolute atomic E-state index is 13.8. The lowest BCUT2D eigenvalue weighted by Gasteiger charge is -2.39. The number of nitrogens with zero attached hydrogens (tertiary/aromatic N) is 1. The summed E-state index contributed by atoms with van der Waals surface area (Å²) in [5.41, 5.74) is -3.13. The number of carbonyl (C=O) groups is 2. The molecule has 0 amide bonds. The minimum Gasteiger partial charge on any atom is -0.497 e. The van der Waals surface area contributed by atoms with Crippen LogP contribution in [0, 0.1) is 5.82 Å². The van der Waals surface area contributed by atoms with Gasteiger partial charge in [-0.25, -0.2) is 9.59 Å². The van der Waals surface area contributed by atoms with E-state index in [4.69, 9.17) is 23.7 Å². The zero-order valence-electron chi connectivity index (χ0n) is 27.4. The number of hydrogen-bond acceptors (Lipinski definition) is 12. The van der Waals surface area contributed by atoms with E-state index in [9.17, 15) is 33.8 Å². The van der Waals surface area contributed by atoms with Crippen LogP contribution >= 0.6 is 0 Å². The van der Waals surface area contributed by atoms with Crippen molar-refractivity contribution < 1.29 is 47.9 Å². The SMILES string of the molecule is COC(=O)C[C@](O)(CCCC(C)(C)O)C(=O)O[C@@H]1C(OC)=C[C@]23CCCN2CCc2cc4c(cc2[C@H]13)OCO4.O=c1[nH]cc(F)c(=O)[nH]1. The van der Waals surface area contributed by atoms with Gasteiger partial charge in [0.1, 0.15) is 5.76 Å². The molecule has 262 valence electrons. The molecule has 14 nitrogen and oxygen atoms in total. The van der Waals surface area contributed by atoms with E-state index in [0.29, 0.717) is 36.3 Å². The van der Waals surface area contributed by atoms with Crippen molar-refractivity contribution >= 4 is 11.9 Å². The van der Waals surface area contributed by atoms with Crippen molar-refractivity contribution in [2.24, 2.45) is 0 Å². The number of aromatic nitrogens is 2. The molecule has 15 heteroatoms. The lowest BCUT2D eigenvalue weighted by molar-refractivity contribution is -0.178. The summed E-state index contributed by atoms with van der Waals surface area (Å²) in [5, 5.41) is 21.6. The van der Waals surface area contributed by atoms with Crippen molar-refractivity contribution in [1.82, 2.24) is 14.9 Å². The number of nitrogens with one attached hydrogen (secondary N) is 2. The fraction of sp³-hybridized carbons (Fsp3) is 0.576. The Morgan fingerprint density at radius 2 is 1.85 bits per heavy atom. The molecule has 2 aromatic rings. The second-order valence-electron chi connectivity index (χ2n) is 13.2. The Bertz CT molecular complexity index is 1680. The van der Waals surface area contributed by atoms with E-state index in [-0.39, 0.29) is 19.1 Å². The number of carbonyl (C=O) groups excluding carboxylic acids is 2. The lowest BCUT2D eigenvalue weighted by atomic mass is 9.77. The van der Waals surface area contributed by atoms with Crippen molar-refractivity contribution in [3.8, 4) is 11.5 Å². The van der Waals surface area contributed by atoms with E-state index in [1.807, 2.05) is 17.1 Å². The van der Waals surface area contributed by atoms with Gasteiger partial charge < -0.3 is 38.9 Å². The van der Waals surface area contributed by atoms with Gasteiger partial charge in [0.15, 0.2) is 23.2 Å². The zero-order chi connectivity index (χ0) is 34.9. The quantitative estimate of drug-likeness (QED) is 0.283. The number of halogens is 1. The molecule has 3 aliphatic heterocycles. The second-order valence-corrected chi connectivity index (χ2v) is 13.2. The molecule has 1 spiro atoms. The van der Waals surface area contributed by atoms with Crippen LogP contribution in [0.15, 0.2) is 39.8 Å². The van der Waals surface area contributed by atoms with Crippen LogP contribution in [0.2, 0.25) is 0 Å². The fourth-order valence-electron chi connectivity index (χ4n) is 7.10. The standard InChI is InChI=1S/C29H39NO9.C4H3FN2O2/c1-27(2,33)8-5-10-29(34,16-23(31)36-4)26(32)39-25-22(35-3)15-28-9-6-11-30(28)12-7-18-13-20-21(38-17-37-20)14-19(18)24(25)28;5-2-1-6-4(9)7-3(2)8/h13-15,24-25,33-34H,5-12,16-17H2,1-4H3;1H,(H2,6,7,8,9)/t24-,25-,28+,29-;/m1./s1. The summed E-state index contributed by atoms with van der Waals surface area (Å²) in [5.74, 6) is -1.06. The largest absolute Gasteiger partial charge is 0.497 e. The Morgan fingerprint density at radius 1 is 1.12 bits per heavy atom. The Kier molecular flexibility index (Phi) is 10.0.